The summed E-state index contributed by atoms with van der Waals surface area (Å²) in [7, 11) is 0. The highest BCUT2D eigenvalue weighted by Crippen LogP contribution is 2.37. The van der Waals surface area contributed by atoms with Crippen LogP contribution in [-0.2, 0) is 16.1 Å². The average molecular weight is 410 g/mol. The van der Waals surface area contributed by atoms with Gasteiger partial charge in [0.25, 0.3) is 0 Å². The third-order valence-electron chi connectivity index (χ3n) is 5.75. The second-order valence-corrected chi connectivity index (χ2v) is 7.82. The zero-order valence-electron chi connectivity index (χ0n) is 16.4. The lowest BCUT2D eigenvalue weighted by Gasteiger charge is -2.44. The van der Waals surface area contributed by atoms with Crippen LogP contribution in [0.25, 0.3) is 0 Å². The number of nitrogens with zero attached hydrogens (tertiary/aromatic N) is 2. The van der Waals surface area contributed by atoms with E-state index in [2.05, 4.69) is 0 Å². The second kappa shape index (κ2) is 9.52. The number of halogens is 2. The SMILES string of the molecule is O=C(OCc1ccccc1)N1CCC(N(C(=O)CO)[C@@H]2CCCC(F)(F)C2)CC1. The Labute approximate surface area is 169 Å². The Morgan fingerprint density at radius 3 is 2.45 bits per heavy atom. The summed E-state index contributed by atoms with van der Waals surface area (Å²) in [5, 5.41) is 9.35. The zero-order valence-corrected chi connectivity index (χ0v) is 16.4. The Kier molecular flexibility index (Phi) is 7.05. The van der Waals surface area contributed by atoms with Gasteiger partial charge in [0, 0.05) is 38.0 Å². The first-order chi connectivity index (χ1) is 13.9. The molecule has 0 aromatic heterocycles. The number of alkyl halides is 2. The van der Waals surface area contributed by atoms with Crippen molar-refractivity contribution in [3.05, 3.63) is 35.9 Å². The van der Waals surface area contributed by atoms with E-state index in [-0.39, 0.29) is 25.5 Å². The number of benzene rings is 1. The van der Waals surface area contributed by atoms with Crippen LogP contribution in [-0.4, -0.2) is 64.6 Å². The van der Waals surface area contributed by atoms with E-state index in [9.17, 15) is 23.5 Å². The summed E-state index contributed by atoms with van der Waals surface area (Å²) in [4.78, 5) is 27.7. The van der Waals surface area contributed by atoms with Crippen LogP contribution in [0.5, 0.6) is 0 Å². The smallest absolute Gasteiger partial charge is 0.410 e. The van der Waals surface area contributed by atoms with Crippen molar-refractivity contribution in [1.82, 2.24) is 9.80 Å². The number of carbonyl (C=O) groups excluding carboxylic acids is 2. The van der Waals surface area contributed by atoms with Crippen molar-refractivity contribution in [2.75, 3.05) is 19.7 Å². The molecule has 1 atom stereocenters. The minimum absolute atomic E-state index is 0.156. The second-order valence-electron chi connectivity index (χ2n) is 7.82. The van der Waals surface area contributed by atoms with E-state index < -0.39 is 30.6 Å². The number of piperidine rings is 1. The number of hydrogen-bond donors (Lipinski definition) is 1. The van der Waals surface area contributed by atoms with Crippen LogP contribution in [0.2, 0.25) is 0 Å². The predicted octanol–water partition coefficient (Wildman–Crippen LogP) is 3.19. The molecule has 0 radical (unpaired) electrons. The van der Waals surface area contributed by atoms with Crippen molar-refractivity contribution in [1.29, 1.82) is 0 Å². The molecule has 1 heterocycles. The van der Waals surface area contributed by atoms with Gasteiger partial charge in [-0.05, 0) is 31.2 Å². The van der Waals surface area contributed by atoms with Crippen LogP contribution in [0.1, 0.15) is 44.1 Å². The molecule has 1 aromatic carbocycles. The first kappa shape index (κ1) is 21.5. The van der Waals surface area contributed by atoms with Gasteiger partial charge in [0.05, 0.1) is 0 Å². The highest BCUT2D eigenvalue weighted by Gasteiger charge is 2.42. The van der Waals surface area contributed by atoms with Gasteiger partial charge in [0.1, 0.15) is 13.2 Å². The first-order valence-corrected chi connectivity index (χ1v) is 10.1. The van der Waals surface area contributed by atoms with Gasteiger partial charge in [-0.25, -0.2) is 13.6 Å². The maximum Gasteiger partial charge on any atom is 0.410 e. The fourth-order valence-corrected chi connectivity index (χ4v) is 4.31. The number of aliphatic hydroxyl groups is 1. The quantitative estimate of drug-likeness (QED) is 0.810. The summed E-state index contributed by atoms with van der Waals surface area (Å²) in [5.74, 6) is -3.29. The molecule has 8 heteroatoms. The third-order valence-corrected chi connectivity index (χ3v) is 5.75. The normalized spacial score (nSPS) is 22.2. The summed E-state index contributed by atoms with van der Waals surface area (Å²) in [5.41, 5.74) is 0.897. The van der Waals surface area contributed by atoms with Crippen LogP contribution >= 0.6 is 0 Å². The molecule has 1 saturated carbocycles. The highest BCUT2D eigenvalue weighted by atomic mass is 19.3. The topological polar surface area (TPSA) is 70.1 Å². The molecular weight excluding hydrogens is 382 g/mol. The lowest BCUT2D eigenvalue weighted by molar-refractivity contribution is -0.145. The molecule has 2 amide bonds. The molecule has 1 N–H and O–H groups in total. The van der Waals surface area contributed by atoms with E-state index in [0.29, 0.717) is 38.8 Å². The number of ether oxygens (including phenoxy) is 1. The monoisotopic (exact) mass is 410 g/mol. The van der Waals surface area contributed by atoms with Crippen molar-refractivity contribution in [2.45, 2.75) is 63.1 Å². The van der Waals surface area contributed by atoms with Crippen LogP contribution in [0, 0.1) is 0 Å². The van der Waals surface area contributed by atoms with Gasteiger partial charge in [0.2, 0.25) is 11.8 Å². The Bertz CT molecular complexity index is 693. The molecule has 0 bridgehead atoms. The fraction of sp³-hybridized carbons (Fsp3) is 0.619. The minimum Gasteiger partial charge on any atom is -0.445 e. The first-order valence-electron chi connectivity index (χ1n) is 10.1. The number of hydrogen-bond acceptors (Lipinski definition) is 4. The number of amides is 2. The number of likely N-dealkylation sites (tertiary alicyclic amines) is 1. The summed E-state index contributed by atoms with van der Waals surface area (Å²) >= 11 is 0. The Morgan fingerprint density at radius 2 is 1.83 bits per heavy atom. The summed E-state index contributed by atoms with van der Waals surface area (Å²) in [6.07, 6.45) is 0.895. The van der Waals surface area contributed by atoms with E-state index in [0.717, 1.165) is 5.56 Å². The van der Waals surface area contributed by atoms with E-state index >= 15 is 0 Å². The summed E-state index contributed by atoms with van der Waals surface area (Å²) < 4.78 is 33.1. The molecule has 0 spiro atoms. The maximum atomic E-state index is 13.9. The molecule has 1 saturated heterocycles. The molecule has 2 fully saturated rings. The van der Waals surface area contributed by atoms with Gasteiger partial charge in [-0.3, -0.25) is 4.79 Å². The van der Waals surface area contributed by atoms with Gasteiger partial charge in [-0.2, -0.15) is 0 Å². The Hall–Kier alpha value is -2.22. The molecule has 3 rings (SSSR count). The largest absolute Gasteiger partial charge is 0.445 e. The van der Waals surface area contributed by atoms with E-state index in [1.54, 1.807) is 4.90 Å². The molecule has 1 aliphatic carbocycles. The maximum absolute atomic E-state index is 13.9. The van der Waals surface area contributed by atoms with Crippen LogP contribution in [0.15, 0.2) is 30.3 Å². The van der Waals surface area contributed by atoms with Crippen molar-refractivity contribution < 1.29 is 28.2 Å². The van der Waals surface area contributed by atoms with Crippen molar-refractivity contribution >= 4 is 12.0 Å². The van der Waals surface area contributed by atoms with Gasteiger partial charge in [-0.1, -0.05) is 30.3 Å². The average Bonchev–Trinajstić information content (AvgIpc) is 2.72. The molecule has 160 valence electrons. The van der Waals surface area contributed by atoms with E-state index in [1.807, 2.05) is 30.3 Å². The van der Waals surface area contributed by atoms with Crippen molar-refractivity contribution in [3.63, 3.8) is 0 Å². The molecular formula is C21H28F2N2O4. The Balaban J connectivity index is 1.55. The van der Waals surface area contributed by atoms with Crippen LogP contribution in [0.3, 0.4) is 0 Å². The molecule has 1 aromatic rings. The highest BCUT2D eigenvalue weighted by molar-refractivity contribution is 5.78. The van der Waals surface area contributed by atoms with E-state index in [1.165, 1.54) is 4.90 Å². The minimum atomic E-state index is -2.78. The van der Waals surface area contributed by atoms with Gasteiger partial charge >= 0.3 is 6.09 Å². The third kappa shape index (κ3) is 5.65. The number of aliphatic hydroxyl groups excluding tert-OH is 1. The Morgan fingerprint density at radius 1 is 1.14 bits per heavy atom. The van der Waals surface area contributed by atoms with Gasteiger partial charge < -0.3 is 19.6 Å². The van der Waals surface area contributed by atoms with Gasteiger partial charge in [0.15, 0.2) is 0 Å². The van der Waals surface area contributed by atoms with Crippen LogP contribution < -0.4 is 0 Å². The molecule has 29 heavy (non-hydrogen) atoms. The lowest BCUT2D eigenvalue weighted by atomic mass is 9.88. The standard InChI is InChI=1S/C21H28F2N2O4/c22-21(23)10-4-7-18(13-21)25(19(27)14-26)17-8-11-24(12-9-17)20(28)29-15-16-5-2-1-3-6-16/h1-3,5-6,17-18,26H,4,7-15H2/t18-/m1/s1. The van der Waals surface area contributed by atoms with Gasteiger partial charge in [-0.15, -0.1) is 0 Å². The zero-order chi connectivity index (χ0) is 20.9. The predicted molar refractivity (Wildman–Crippen MR) is 102 cm³/mol. The summed E-state index contributed by atoms with van der Waals surface area (Å²) in [6.45, 7) is 0.264. The number of carbonyl (C=O) groups is 2. The lowest BCUT2D eigenvalue weighted by Crippen LogP contribution is -2.55. The van der Waals surface area contributed by atoms with Crippen molar-refractivity contribution in [3.8, 4) is 0 Å². The van der Waals surface area contributed by atoms with E-state index in [4.69, 9.17) is 4.74 Å². The van der Waals surface area contributed by atoms with Crippen molar-refractivity contribution in [2.24, 2.45) is 0 Å². The van der Waals surface area contributed by atoms with Crippen LogP contribution in [0.4, 0.5) is 13.6 Å². The molecule has 6 nitrogen and oxygen atoms in total. The summed E-state index contributed by atoms with van der Waals surface area (Å²) in [6, 6.07) is 8.55. The fourth-order valence-electron chi connectivity index (χ4n) is 4.31. The molecule has 1 aliphatic heterocycles. The number of rotatable bonds is 5. The molecule has 2 aliphatic rings. The molecule has 0 unspecified atom stereocenters.